The first-order valence-corrected chi connectivity index (χ1v) is 19.8. The number of aliphatic hydroxyl groups is 2. The molecule has 2 bridgehead atoms. The monoisotopic (exact) mass is 836 g/mol. The number of amides is 1. The summed E-state index contributed by atoms with van der Waals surface area (Å²) in [5.41, 5.74) is -8.83. The van der Waals surface area contributed by atoms with Gasteiger partial charge in [0.1, 0.15) is 29.5 Å². The smallest absolute Gasteiger partial charge is 0.408 e. The van der Waals surface area contributed by atoms with Gasteiger partial charge < -0.3 is 44.0 Å². The van der Waals surface area contributed by atoms with E-state index in [2.05, 4.69) is 5.32 Å². The molecule has 2 aromatic carbocycles. The molecule has 1 spiro atoms. The minimum absolute atomic E-state index is 0.000503. The van der Waals surface area contributed by atoms with Crippen LogP contribution in [0.5, 0.6) is 0 Å². The highest BCUT2D eigenvalue weighted by Crippen LogP contribution is 2.74. The average molecular weight is 837 g/mol. The molecule has 2 aromatic rings. The van der Waals surface area contributed by atoms with Gasteiger partial charge in [-0.2, -0.15) is 0 Å². The minimum atomic E-state index is -2.52. The zero-order chi connectivity index (χ0) is 48.1. The fraction of sp³-hybridized carbons (Fsp3) is 0.556. The summed E-state index contributed by atoms with van der Waals surface area (Å²) in [4.78, 5) is 83.4. The molecule has 3 N–H and O–H groups in total. The molecule has 1 aliphatic heterocycles. The fourth-order valence-electron chi connectivity index (χ4n) is 10.1. The summed E-state index contributed by atoms with van der Waals surface area (Å²) < 4.78 is 77.6. The van der Waals surface area contributed by atoms with Gasteiger partial charge >= 0.3 is 30.0 Å². The van der Waals surface area contributed by atoms with E-state index in [1.54, 1.807) is 32.0 Å². The van der Waals surface area contributed by atoms with Gasteiger partial charge in [0.2, 0.25) is 0 Å². The van der Waals surface area contributed by atoms with Gasteiger partial charge in [0, 0.05) is 31.1 Å². The first kappa shape index (κ1) is 36.7. The molecule has 15 heteroatoms. The Bertz CT molecular complexity index is 2370. The van der Waals surface area contributed by atoms with E-state index < -0.39 is 154 Å². The SMILES string of the molecule is [2H]c1c([2H])c([2H])c([C@H](NC(=O)OC(C)(C)C)[C@@H](O)C(=O)O[C@H]2C[C@@]3(O)[C@@H](OC(=O)c4ccccc4)[C@@H]4[C@]5(OC(C)=O)CO[C@@H]5C[C@@H]5C[C@@]54C(=O)[C@H](OC(C)=O)C(=C2C)C3(C)C)c([2H])c1[2H]. The summed E-state index contributed by atoms with van der Waals surface area (Å²) in [5, 5.41) is 27.8. The van der Waals surface area contributed by atoms with E-state index in [9.17, 15) is 34.2 Å². The van der Waals surface area contributed by atoms with Crippen molar-refractivity contribution in [3.05, 3.63) is 82.8 Å². The van der Waals surface area contributed by atoms with Gasteiger partial charge in [0.15, 0.2) is 23.6 Å². The van der Waals surface area contributed by atoms with E-state index in [4.69, 9.17) is 35.3 Å². The number of carbonyl (C=O) groups excluding carboxylic acids is 6. The van der Waals surface area contributed by atoms with Crippen molar-refractivity contribution in [1.82, 2.24) is 5.32 Å². The number of esters is 4. The van der Waals surface area contributed by atoms with Gasteiger partial charge in [0.05, 0.1) is 31.0 Å². The standard InChI is InChI=1S/C45H53NO14/c1-23-29(57-39(52)33(49)32(26-15-11-9-12-16-26)46-40(53)60-41(4,5)6)21-45(54)37(58-38(51)27-17-13-10-14-18-27)35-43(36(50)34(56-24(2)47)31(23)42(45,7)8)20-28(43)19-30-44(35,22-55-30)59-25(3)48/h9-18,28-30,32-35,37,49,54H,19-22H2,1-8H3,(H,46,53)/t28-,29+,30-,32+,33-,34-,35+,37+,43-,44+,45-/m1/s1/i9D,11D,12D,15D,16D. The normalized spacial score (nSPS) is 34.5. The third kappa shape index (κ3) is 7.07. The molecule has 4 fully saturated rings. The Kier molecular flexibility index (Phi) is 9.24. The highest BCUT2D eigenvalue weighted by Gasteiger charge is 2.84. The third-order valence-corrected chi connectivity index (χ3v) is 12.9. The number of hydrogen-bond donors (Lipinski definition) is 3. The number of rotatable bonds is 9. The van der Waals surface area contributed by atoms with Crippen LogP contribution in [-0.4, -0.2) is 99.9 Å². The van der Waals surface area contributed by atoms with Crippen molar-refractivity contribution < 1.29 is 74.3 Å². The maximum absolute atomic E-state index is 15.5. The van der Waals surface area contributed by atoms with Crippen LogP contribution < -0.4 is 5.32 Å². The quantitative estimate of drug-likeness (QED) is 0.181. The Morgan fingerprint density at radius 1 is 0.967 bits per heavy atom. The fourth-order valence-corrected chi connectivity index (χ4v) is 10.1. The molecule has 0 radical (unpaired) electrons. The van der Waals surface area contributed by atoms with Gasteiger partial charge in [0.25, 0.3) is 0 Å². The van der Waals surface area contributed by atoms with E-state index in [1.807, 2.05) is 0 Å². The Hall–Kier alpha value is -5.12. The molecule has 4 aliphatic carbocycles. The topological polar surface area (TPSA) is 210 Å². The molecule has 5 aliphatic rings. The van der Waals surface area contributed by atoms with Crippen LogP contribution in [0, 0.1) is 22.7 Å². The molecule has 0 aromatic heterocycles. The van der Waals surface area contributed by atoms with E-state index in [1.165, 1.54) is 46.8 Å². The molecule has 11 atom stereocenters. The molecular formula is C45H53NO14. The predicted octanol–water partition coefficient (Wildman–Crippen LogP) is 4.47. The molecule has 3 saturated carbocycles. The number of aliphatic hydroxyl groups excluding tert-OH is 1. The lowest BCUT2D eigenvalue weighted by atomic mass is 9.48. The number of hydrogen-bond acceptors (Lipinski definition) is 14. The number of Topliss-reactive ketones (excluding diaryl/α,β-unsaturated/α-hetero) is 1. The summed E-state index contributed by atoms with van der Waals surface area (Å²) in [5.74, 6) is -6.45. The second kappa shape index (κ2) is 15.1. The number of ketones is 1. The highest BCUT2D eigenvalue weighted by molar-refractivity contribution is 5.97. The lowest BCUT2D eigenvalue weighted by Crippen LogP contribution is -2.78. The van der Waals surface area contributed by atoms with Gasteiger partial charge in [-0.3, -0.25) is 14.4 Å². The van der Waals surface area contributed by atoms with E-state index in [-0.39, 0.29) is 36.2 Å². The van der Waals surface area contributed by atoms with Crippen molar-refractivity contribution in [2.45, 2.75) is 128 Å². The second-order valence-corrected chi connectivity index (χ2v) is 17.9. The van der Waals surface area contributed by atoms with E-state index >= 15 is 4.79 Å². The van der Waals surface area contributed by atoms with Crippen LogP contribution in [0.2, 0.25) is 0 Å². The number of ether oxygens (including phenoxy) is 6. The molecule has 1 amide bonds. The zero-order valence-corrected chi connectivity index (χ0v) is 34.6. The van der Waals surface area contributed by atoms with Crippen LogP contribution in [-0.2, 0) is 47.6 Å². The number of nitrogens with one attached hydrogen (secondary N) is 1. The summed E-state index contributed by atoms with van der Waals surface area (Å²) >= 11 is 0. The van der Waals surface area contributed by atoms with Crippen molar-refractivity contribution in [1.29, 1.82) is 0 Å². The van der Waals surface area contributed by atoms with Crippen LogP contribution in [0.3, 0.4) is 0 Å². The Morgan fingerprint density at radius 3 is 2.22 bits per heavy atom. The number of alkyl carbamates (subject to hydrolysis) is 1. The van der Waals surface area contributed by atoms with E-state index in [0.29, 0.717) is 0 Å². The Morgan fingerprint density at radius 2 is 1.63 bits per heavy atom. The van der Waals surface area contributed by atoms with Gasteiger partial charge in [-0.05, 0) is 75.3 Å². The summed E-state index contributed by atoms with van der Waals surface area (Å²) in [6.45, 7) is 11.1. The highest BCUT2D eigenvalue weighted by atomic mass is 16.6. The van der Waals surface area contributed by atoms with Gasteiger partial charge in [-0.1, -0.05) is 62.3 Å². The average Bonchev–Trinajstić information content (AvgIpc) is 3.94. The summed E-state index contributed by atoms with van der Waals surface area (Å²) in [7, 11) is 0. The van der Waals surface area contributed by atoms with Crippen molar-refractivity contribution in [3.8, 4) is 0 Å². The van der Waals surface area contributed by atoms with E-state index in [0.717, 1.165) is 6.92 Å². The van der Waals surface area contributed by atoms with Crippen LogP contribution in [0.15, 0.2) is 71.7 Å². The predicted molar refractivity (Wildman–Crippen MR) is 210 cm³/mol. The van der Waals surface area contributed by atoms with Crippen LogP contribution in [0.1, 0.15) is 103 Å². The van der Waals surface area contributed by atoms with Crippen molar-refractivity contribution in [3.63, 3.8) is 0 Å². The number of benzene rings is 2. The van der Waals surface area contributed by atoms with Crippen molar-refractivity contribution in [2.24, 2.45) is 22.7 Å². The lowest BCUT2D eigenvalue weighted by molar-refractivity contribution is -0.323. The molecule has 322 valence electrons. The Labute approximate surface area is 355 Å². The maximum atomic E-state index is 15.5. The number of carbonyl (C=O) groups is 6. The first-order valence-electron chi connectivity index (χ1n) is 22.3. The molecule has 7 rings (SSSR count). The molecule has 15 nitrogen and oxygen atoms in total. The first-order chi connectivity index (χ1) is 30.1. The zero-order valence-electron chi connectivity index (χ0n) is 39.6. The molecule has 0 unspecified atom stereocenters. The molecular weight excluding hydrogens is 778 g/mol. The van der Waals surface area contributed by atoms with Crippen LogP contribution in [0.4, 0.5) is 4.79 Å². The van der Waals surface area contributed by atoms with Crippen LogP contribution in [0.25, 0.3) is 0 Å². The molecule has 60 heavy (non-hydrogen) atoms. The minimum Gasteiger partial charge on any atom is -0.456 e. The van der Waals surface area contributed by atoms with Crippen molar-refractivity contribution >= 4 is 35.8 Å². The Balaban J connectivity index is 1.40. The largest absolute Gasteiger partial charge is 0.456 e. The number of fused-ring (bicyclic) bond motifs is 4. The lowest BCUT2D eigenvalue weighted by Gasteiger charge is -2.64. The maximum Gasteiger partial charge on any atom is 0.408 e. The van der Waals surface area contributed by atoms with Crippen molar-refractivity contribution in [2.75, 3.05) is 6.61 Å². The second-order valence-electron chi connectivity index (χ2n) is 17.9. The van der Waals surface area contributed by atoms with Gasteiger partial charge in [-0.15, -0.1) is 0 Å². The summed E-state index contributed by atoms with van der Waals surface area (Å²) in [6.07, 6.45) is -9.82. The van der Waals surface area contributed by atoms with Gasteiger partial charge in [-0.25, -0.2) is 14.4 Å². The third-order valence-electron chi connectivity index (χ3n) is 12.9. The molecule has 1 heterocycles. The van der Waals surface area contributed by atoms with Crippen LogP contribution >= 0.6 is 0 Å². The molecule has 1 saturated heterocycles. The summed E-state index contributed by atoms with van der Waals surface area (Å²) in [6, 6.07) is 1.56.